The van der Waals surface area contributed by atoms with Gasteiger partial charge in [0.15, 0.2) is 9.84 Å². The second-order valence-corrected chi connectivity index (χ2v) is 8.85. The smallest absolute Gasteiger partial charge is 0.293 e. The van der Waals surface area contributed by atoms with Crippen molar-refractivity contribution in [1.29, 1.82) is 0 Å². The maximum Gasteiger partial charge on any atom is 0.293 e. The molecule has 1 fully saturated rings. The van der Waals surface area contributed by atoms with Crippen LogP contribution in [-0.4, -0.2) is 48.7 Å². The number of nitrogens with zero attached hydrogens (tertiary/aromatic N) is 4. The summed E-state index contributed by atoms with van der Waals surface area (Å²) in [5.74, 6) is 0.897. The lowest BCUT2D eigenvalue weighted by Gasteiger charge is -2.33. The van der Waals surface area contributed by atoms with E-state index in [-0.39, 0.29) is 16.6 Å². The van der Waals surface area contributed by atoms with Crippen molar-refractivity contribution in [2.75, 3.05) is 29.6 Å². The Morgan fingerprint density at radius 2 is 1.96 bits per heavy atom. The summed E-state index contributed by atoms with van der Waals surface area (Å²) in [4.78, 5) is 21.5. The van der Waals surface area contributed by atoms with E-state index in [2.05, 4.69) is 20.2 Å². The second-order valence-electron chi connectivity index (χ2n) is 6.83. The van der Waals surface area contributed by atoms with Gasteiger partial charge < -0.3 is 10.2 Å². The maximum atomic E-state index is 11.7. The highest BCUT2D eigenvalue weighted by Gasteiger charge is 2.24. The van der Waals surface area contributed by atoms with Gasteiger partial charge in [0.25, 0.3) is 5.69 Å². The van der Waals surface area contributed by atoms with Crippen LogP contribution >= 0.6 is 0 Å². The largest absolute Gasteiger partial charge is 0.377 e. The predicted octanol–water partition coefficient (Wildman–Crippen LogP) is 2.43. The first-order valence-corrected chi connectivity index (χ1v) is 11.0. The Kier molecular flexibility index (Phi) is 5.78. The van der Waals surface area contributed by atoms with Crippen LogP contribution in [0, 0.1) is 10.1 Å². The van der Waals surface area contributed by atoms with Crippen LogP contribution in [0.2, 0.25) is 0 Å². The first-order valence-electron chi connectivity index (χ1n) is 9.09. The highest BCUT2D eigenvalue weighted by atomic mass is 32.2. The van der Waals surface area contributed by atoms with E-state index in [0.29, 0.717) is 5.69 Å². The molecule has 0 unspecified atom stereocenters. The second kappa shape index (κ2) is 8.09. The number of aromatic nitrogens is 2. The zero-order chi connectivity index (χ0) is 20.3. The highest BCUT2D eigenvalue weighted by molar-refractivity contribution is 7.90. The van der Waals surface area contributed by atoms with Crippen molar-refractivity contribution in [1.82, 2.24) is 9.97 Å². The lowest BCUT2D eigenvalue weighted by molar-refractivity contribution is -0.384. The van der Waals surface area contributed by atoms with E-state index in [9.17, 15) is 18.5 Å². The zero-order valence-electron chi connectivity index (χ0n) is 15.8. The average Bonchev–Trinajstić information content (AvgIpc) is 2.68. The van der Waals surface area contributed by atoms with Crippen molar-refractivity contribution >= 4 is 27.0 Å². The highest BCUT2D eigenvalue weighted by Crippen LogP contribution is 2.30. The molecular formula is C18H23N5O4S. The molecule has 2 heterocycles. The van der Waals surface area contributed by atoms with Crippen LogP contribution in [0.3, 0.4) is 0 Å². The van der Waals surface area contributed by atoms with Crippen LogP contribution in [0.4, 0.5) is 17.2 Å². The summed E-state index contributed by atoms with van der Waals surface area (Å²) in [6.45, 7) is 3.59. The number of piperidine rings is 1. The number of sulfone groups is 1. The molecule has 1 aliphatic heterocycles. The van der Waals surface area contributed by atoms with E-state index in [1.165, 1.54) is 12.1 Å². The van der Waals surface area contributed by atoms with Gasteiger partial charge in [-0.25, -0.2) is 18.4 Å². The molecule has 0 atom stereocenters. The van der Waals surface area contributed by atoms with Gasteiger partial charge in [-0.15, -0.1) is 0 Å². The molecule has 150 valence electrons. The molecule has 0 amide bonds. The summed E-state index contributed by atoms with van der Waals surface area (Å²) in [6.07, 6.45) is 5.03. The van der Waals surface area contributed by atoms with Crippen LogP contribution in [0.25, 0.3) is 0 Å². The Morgan fingerprint density at radius 1 is 1.25 bits per heavy atom. The fourth-order valence-corrected chi connectivity index (χ4v) is 3.88. The van der Waals surface area contributed by atoms with Gasteiger partial charge in [0.2, 0.25) is 0 Å². The maximum absolute atomic E-state index is 11.7. The molecule has 2 aromatic rings. The summed E-state index contributed by atoms with van der Waals surface area (Å²) in [6, 6.07) is 6.03. The zero-order valence-corrected chi connectivity index (χ0v) is 16.6. The lowest BCUT2D eigenvalue weighted by Crippen LogP contribution is -2.39. The number of nitro benzene ring substituents is 1. The Bertz CT molecular complexity index is 972. The molecule has 1 aliphatic rings. The monoisotopic (exact) mass is 405 g/mol. The number of hydrogen-bond acceptors (Lipinski definition) is 8. The number of benzene rings is 1. The van der Waals surface area contributed by atoms with Gasteiger partial charge in [-0.3, -0.25) is 10.1 Å². The molecule has 0 saturated carbocycles. The predicted molar refractivity (Wildman–Crippen MR) is 106 cm³/mol. The van der Waals surface area contributed by atoms with Gasteiger partial charge in [-0.2, -0.15) is 0 Å². The van der Waals surface area contributed by atoms with E-state index >= 15 is 0 Å². The minimum Gasteiger partial charge on any atom is -0.377 e. The Balaban J connectivity index is 1.70. The third-order valence-electron chi connectivity index (χ3n) is 4.84. The fraction of sp³-hybridized carbons (Fsp3) is 0.444. The van der Waals surface area contributed by atoms with Gasteiger partial charge >= 0.3 is 0 Å². The van der Waals surface area contributed by atoms with Crippen molar-refractivity contribution < 1.29 is 13.3 Å². The van der Waals surface area contributed by atoms with Crippen LogP contribution in [0.5, 0.6) is 0 Å². The molecule has 28 heavy (non-hydrogen) atoms. The first kappa shape index (κ1) is 20.0. The number of nitrogens with one attached hydrogen (secondary N) is 1. The third-order valence-corrected chi connectivity index (χ3v) is 5.95. The molecule has 1 N–H and O–H groups in total. The number of anilines is 2. The summed E-state index contributed by atoms with van der Waals surface area (Å²) in [7, 11) is -3.50. The van der Waals surface area contributed by atoms with E-state index in [0.717, 1.165) is 56.2 Å². The number of rotatable bonds is 6. The molecule has 1 saturated heterocycles. The molecule has 1 aromatic carbocycles. The molecule has 0 radical (unpaired) electrons. The summed E-state index contributed by atoms with van der Waals surface area (Å²) in [5.41, 5.74) is 1.10. The van der Waals surface area contributed by atoms with Gasteiger partial charge in [-0.05, 0) is 31.4 Å². The van der Waals surface area contributed by atoms with Crippen LogP contribution in [0.15, 0.2) is 35.5 Å². The number of nitro groups is 1. The van der Waals surface area contributed by atoms with Gasteiger partial charge in [0, 0.05) is 43.2 Å². The fourth-order valence-electron chi connectivity index (χ4n) is 3.24. The van der Waals surface area contributed by atoms with Gasteiger partial charge in [0.05, 0.1) is 9.82 Å². The standard InChI is InChI=1S/C18H23N5O4S/c1-3-13-10-18(20-12-19-13)22-8-6-14(7-9-22)21-16-5-4-15(28(2,26)27)11-17(16)23(24)25/h4-5,10-12,14,21H,3,6-9H2,1-2H3. The van der Waals surface area contributed by atoms with Crippen molar-refractivity contribution in [3.05, 3.63) is 46.4 Å². The molecule has 10 heteroatoms. The van der Waals surface area contributed by atoms with Crippen LogP contribution in [0.1, 0.15) is 25.5 Å². The Hall–Kier alpha value is -2.75. The molecule has 0 aliphatic carbocycles. The quantitative estimate of drug-likeness (QED) is 0.575. The van der Waals surface area contributed by atoms with Crippen LogP contribution < -0.4 is 10.2 Å². The van der Waals surface area contributed by atoms with Crippen molar-refractivity contribution in [3.8, 4) is 0 Å². The molecule has 1 aromatic heterocycles. The van der Waals surface area contributed by atoms with Gasteiger partial charge in [-0.1, -0.05) is 6.92 Å². The molecule has 0 spiro atoms. The lowest BCUT2D eigenvalue weighted by atomic mass is 10.0. The van der Waals surface area contributed by atoms with Gasteiger partial charge in [0.1, 0.15) is 17.8 Å². The minimum atomic E-state index is -3.50. The van der Waals surface area contributed by atoms with Crippen molar-refractivity contribution in [2.45, 2.75) is 37.1 Å². The average molecular weight is 405 g/mol. The molecule has 0 bridgehead atoms. The molecular weight excluding hydrogens is 382 g/mol. The number of hydrogen-bond donors (Lipinski definition) is 1. The minimum absolute atomic E-state index is 0.0601. The first-order chi connectivity index (χ1) is 13.3. The number of aryl methyl sites for hydroxylation is 1. The Morgan fingerprint density at radius 3 is 2.57 bits per heavy atom. The topological polar surface area (TPSA) is 118 Å². The molecule has 3 rings (SSSR count). The summed E-state index contributed by atoms with van der Waals surface area (Å²) >= 11 is 0. The Labute approximate surface area is 163 Å². The van der Waals surface area contributed by atoms with Crippen molar-refractivity contribution in [3.63, 3.8) is 0 Å². The SMILES string of the molecule is CCc1cc(N2CCC(Nc3ccc(S(C)(=O)=O)cc3[N+](=O)[O-])CC2)ncn1. The normalized spacial score (nSPS) is 15.4. The van der Waals surface area contributed by atoms with E-state index in [1.807, 2.05) is 13.0 Å². The van der Waals surface area contributed by atoms with E-state index < -0.39 is 14.8 Å². The van der Waals surface area contributed by atoms with Crippen LogP contribution in [-0.2, 0) is 16.3 Å². The van der Waals surface area contributed by atoms with E-state index in [4.69, 9.17) is 0 Å². The third kappa shape index (κ3) is 4.56. The van der Waals surface area contributed by atoms with Crippen molar-refractivity contribution in [2.24, 2.45) is 0 Å². The molecule has 9 nitrogen and oxygen atoms in total. The summed E-state index contributed by atoms with van der Waals surface area (Å²) < 4.78 is 23.3. The van der Waals surface area contributed by atoms with E-state index in [1.54, 1.807) is 6.33 Å². The summed E-state index contributed by atoms with van der Waals surface area (Å²) in [5, 5.41) is 14.6.